The number of carbonyl (C=O) groups excluding carboxylic acids is 1. The molecule has 1 saturated heterocycles. The average molecular weight is 570 g/mol. The number of nitrogens with zero attached hydrogens (tertiary/aromatic N) is 2. The van der Waals surface area contributed by atoms with Crippen LogP contribution in [0.3, 0.4) is 0 Å². The van der Waals surface area contributed by atoms with Crippen LogP contribution in [0.2, 0.25) is 0 Å². The number of hydrogen-bond acceptors (Lipinski definition) is 5. The molecule has 28 heavy (non-hydrogen) atoms. The molecule has 0 saturated carbocycles. The van der Waals surface area contributed by atoms with Crippen LogP contribution in [-0.4, -0.2) is 57.8 Å². The monoisotopic (exact) mass is 569 g/mol. The van der Waals surface area contributed by atoms with Gasteiger partial charge in [0.15, 0.2) is 17.5 Å². The second-order valence-corrected chi connectivity index (χ2v) is 7.08. The zero-order valence-corrected chi connectivity index (χ0v) is 20.7. The van der Waals surface area contributed by atoms with Gasteiger partial charge in [0.2, 0.25) is 0 Å². The van der Waals surface area contributed by atoms with E-state index in [0.717, 1.165) is 41.9 Å². The van der Waals surface area contributed by atoms with Gasteiger partial charge in [-0.2, -0.15) is 0 Å². The highest BCUT2D eigenvalue weighted by Crippen LogP contribution is 2.36. The normalized spacial score (nSPS) is 14.9. The highest BCUT2D eigenvalue weighted by atomic mass is 127. The molecule has 1 aromatic carbocycles. The van der Waals surface area contributed by atoms with Gasteiger partial charge in [0.25, 0.3) is 0 Å². The number of likely N-dealkylation sites (tertiary alicyclic amines) is 1. The minimum absolute atomic E-state index is 0. The first-order chi connectivity index (χ1) is 13.0. The maximum atomic E-state index is 11.9. The van der Waals surface area contributed by atoms with Gasteiger partial charge in [-0.1, -0.05) is 0 Å². The van der Waals surface area contributed by atoms with Crippen molar-refractivity contribution in [2.45, 2.75) is 26.3 Å². The summed E-state index contributed by atoms with van der Waals surface area (Å²) in [5, 5.41) is 3.38. The van der Waals surface area contributed by atoms with Crippen molar-refractivity contribution in [2.24, 2.45) is 10.9 Å². The molecular weight excluding hydrogens is 541 g/mol. The van der Waals surface area contributed by atoms with E-state index in [1.165, 1.54) is 0 Å². The van der Waals surface area contributed by atoms with Crippen LogP contribution in [0.1, 0.15) is 25.3 Å². The number of benzene rings is 1. The van der Waals surface area contributed by atoms with E-state index in [-0.39, 0.29) is 35.9 Å². The van der Waals surface area contributed by atoms with Gasteiger partial charge in [-0.25, -0.2) is 0 Å². The van der Waals surface area contributed by atoms with E-state index in [9.17, 15) is 4.79 Å². The van der Waals surface area contributed by atoms with Crippen molar-refractivity contribution in [1.29, 1.82) is 0 Å². The predicted molar refractivity (Wildman–Crippen MR) is 124 cm³/mol. The Hall–Kier alpha value is -1.23. The topological polar surface area (TPSA) is 72.4 Å². The minimum atomic E-state index is -0.0877. The highest BCUT2D eigenvalue weighted by molar-refractivity contribution is 14.0. The molecule has 1 aliphatic rings. The number of halogens is 2. The van der Waals surface area contributed by atoms with E-state index in [4.69, 9.17) is 14.2 Å². The first kappa shape index (κ1) is 24.8. The number of methoxy groups -OCH3 is 2. The number of ether oxygens (including phenoxy) is 3. The van der Waals surface area contributed by atoms with E-state index in [0.29, 0.717) is 24.7 Å². The van der Waals surface area contributed by atoms with Crippen molar-refractivity contribution >= 4 is 51.8 Å². The molecular formula is C19H29BrIN3O4. The summed E-state index contributed by atoms with van der Waals surface area (Å²) in [6.07, 6.45) is 1.56. The first-order valence-electron chi connectivity index (χ1n) is 9.06. The summed E-state index contributed by atoms with van der Waals surface area (Å²) in [7, 11) is 5.00. The van der Waals surface area contributed by atoms with Crippen molar-refractivity contribution in [1.82, 2.24) is 10.2 Å². The Kier molecular flexibility index (Phi) is 10.9. The number of rotatable bonds is 6. The van der Waals surface area contributed by atoms with Gasteiger partial charge in [0, 0.05) is 26.7 Å². The smallest absolute Gasteiger partial charge is 0.309 e. The molecule has 0 amide bonds. The minimum Gasteiger partial charge on any atom is -0.493 e. The van der Waals surface area contributed by atoms with Gasteiger partial charge < -0.3 is 24.4 Å². The zero-order valence-electron chi connectivity index (χ0n) is 16.8. The molecule has 0 unspecified atom stereocenters. The fraction of sp³-hybridized carbons (Fsp3) is 0.579. The third kappa shape index (κ3) is 6.40. The molecule has 0 bridgehead atoms. The Morgan fingerprint density at radius 2 is 1.96 bits per heavy atom. The number of esters is 1. The molecule has 158 valence electrons. The quantitative estimate of drug-likeness (QED) is 0.245. The number of carbonyl (C=O) groups is 1. The Bertz CT molecular complexity index is 679. The standard InChI is InChI=1S/C19H28BrN3O4.HI/c1-5-27-18(24)14-6-8-23(9-7-14)19(21-2)22-12-13-10-15(20)17(26-4)16(11-13)25-3;/h10-11,14H,5-9,12H2,1-4H3,(H,21,22);1H. The molecule has 0 spiro atoms. The van der Waals surface area contributed by atoms with Crippen LogP contribution in [-0.2, 0) is 16.1 Å². The maximum Gasteiger partial charge on any atom is 0.309 e. The molecule has 1 aromatic rings. The average Bonchev–Trinajstić information content (AvgIpc) is 2.68. The third-order valence-electron chi connectivity index (χ3n) is 4.57. The molecule has 0 aliphatic carbocycles. The molecule has 0 aromatic heterocycles. The molecule has 0 radical (unpaired) electrons. The summed E-state index contributed by atoms with van der Waals surface area (Å²) in [5.41, 5.74) is 1.04. The van der Waals surface area contributed by atoms with Crippen LogP contribution in [0.5, 0.6) is 11.5 Å². The van der Waals surface area contributed by atoms with E-state index < -0.39 is 0 Å². The Morgan fingerprint density at radius 1 is 1.29 bits per heavy atom. The van der Waals surface area contributed by atoms with Crippen molar-refractivity contribution in [2.75, 3.05) is 41.0 Å². The summed E-state index contributed by atoms with van der Waals surface area (Å²) >= 11 is 3.52. The summed E-state index contributed by atoms with van der Waals surface area (Å²) in [5.74, 6) is 2.07. The fourth-order valence-corrected chi connectivity index (χ4v) is 3.83. The van der Waals surface area contributed by atoms with Crippen molar-refractivity contribution in [3.05, 3.63) is 22.2 Å². The second kappa shape index (κ2) is 12.4. The fourth-order valence-electron chi connectivity index (χ4n) is 3.17. The lowest BCUT2D eigenvalue weighted by Gasteiger charge is -2.33. The summed E-state index contributed by atoms with van der Waals surface area (Å²) < 4.78 is 16.7. The van der Waals surface area contributed by atoms with Crippen molar-refractivity contribution in [3.8, 4) is 11.5 Å². The molecule has 1 heterocycles. The third-order valence-corrected chi connectivity index (χ3v) is 5.16. The van der Waals surface area contributed by atoms with E-state index >= 15 is 0 Å². The van der Waals surface area contributed by atoms with Crippen molar-refractivity contribution < 1.29 is 19.0 Å². The summed E-state index contributed by atoms with van der Waals surface area (Å²) in [6, 6.07) is 3.94. The lowest BCUT2D eigenvalue weighted by molar-refractivity contribution is -0.149. The largest absolute Gasteiger partial charge is 0.493 e. The number of aliphatic imine (C=N–C) groups is 1. The van der Waals surface area contributed by atoms with Crippen LogP contribution in [0.25, 0.3) is 0 Å². The van der Waals surface area contributed by atoms with E-state index in [1.54, 1.807) is 21.3 Å². The van der Waals surface area contributed by atoms with Crippen LogP contribution in [0.4, 0.5) is 0 Å². The SMILES string of the molecule is CCOC(=O)C1CCN(C(=NC)NCc2cc(Br)c(OC)c(OC)c2)CC1.I. The molecule has 1 aliphatic heterocycles. The Labute approximate surface area is 192 Å². The molecule has 1 fully saturated rings. The summed E-state index contributed by atoms with van der Waals surface area (Å²) in [6.45, 7) is 4.43. The van der Waals surface area contributed by atoms with Gasteiger partial charge in [-0.15, -0.1) is 24.0 Å². The maximum absolute atomic E-state index is 11.9. The van der Waals surface area contributed by atoms with Gasteiger partial charge in [0.1, 0.15) is 0 Å². The van der Waals surface area contributed by atoms with Crippen LogP contribution in [0.15, 0.2) is 21.6 Å². The lowest BCUT2D eigenvalue weighted by Crippen LogP contribution is -2.46. The Balaban J connectivity index is 0.00000392. The summed E-state index contributed by atoms with van der Waals surface area (Å²) in [4.78, 5) is 18.4. The highest BCUT2D eigenvalue weighted by Gasteiger charge is 2.27. The van der Waals surface area contributed by atoms with Gasteiger partial charge in [-0.3, -0.25) is 9.79 Å². The van der Waals surface area contributed by atoms with Crippen molar-refractivity contribution in [3.63, 3.8) is 0 Å². The molecule has 7 nitrogen and oxygen atoms in total. The van der Waals surface area contributed by atoms with Gasteiger partial charge in [0.05, 0.1) is 31.2 Å². The van der Waals surface area contributed by atoms with Crippen LogP contribution >= 0.6 is 39.9 Å². The molecule has 1 N–H and O–H groups in total. The predicted octanol–water partition coefficient (Wildman–Crippen LogP) is 3.43. The molecule has 9 heteroatoms. The van der Waals surface area contributed by atoms with Crippen LogP contribution < -0.4 is 14.8 Å². The first-order valence-corrected chi connectivity index (χ1v) is 9.85. The molecule has 2 rings (SSSR count). The molecule has 0 atom stereocenters. The lowest BCUT2D eigenvalue weighted by atomic mass is 9.97. The number of guanidine groups is 1. The number of piperidine rings is 1. The zero-order chi connectivity index (χ0) is 19.8. The van der Waals surface area contributed by atoms with E-state index in [2.05, 4.69) is 31.1 Å². The Morgan fingerprint density at radius 3 is 2.50 bits per heavy atom. The van der Waals surface area contributed by atoms with Gasteiger partial charge in [-0.05, 0) is 53.4 Å². The number of nitrogens with one attached hydrogen (secondary N) is 1. The second-order valence-electron chi connectivity index (χ2n) is 6.23. The van der Waals surface area contributed by atoms with E-state index in [1.807, 2.05) is 19.1 Å². The van der Waals surface area contributed by atoms with Gasteiger partial charge >= 0.3 is 5.97 Å². The number of hydrogen-bond donors (Lipinski definition) is 1. The van der Waals surface area contributed by atoms with Crippen LogP contribution in [0, 0.1) is 5.92 Å².